The fourth-order valence-corrected chi connectivity index (χ4v) is 3.38. The van der Waals surface area contributed by atoms with Gasteiger partial charge in [0.15, 0.2) is 5.58 Å². The summed E-state index contributed by atoms with van der Waals surface area (Å²) in [6, 6.07) is 4.30. The maximum atomic E-state index is 5.57. The van der Waals surface area contributed by atoms with E-state index in [9.17, 15) is 0 Å². The molecule has 0 aliphatic heterocycles. The minimum atomic E-state index is 0.664. The van der Waals surface area contributed by atoms with Crippen LogP contribution in [0.2, 0.25) is 0 Å². The summed E-state index contributed by atoms with van der Waals surface area (Å²) < 4.78 is 5.57. The van der Waals surface area contributed by atoms with Gasteiger partial charge in [0.05, 0.1) is 16.6 Å². The average Bonchev–Trinajstić information content (AvgIpc) is 3.06. The molecule has 4 rings (SSSR count). The number of H-pyrrole nitrogens is 1. The van der Waals surface area contributed by atoms with E-state index >= 15 is 0 Å². The summed E-state index contributed by atoms with van der Waals surface area (Å²) in [4.78, 5) is 4.58. The van der Waals surface area contributed by atoms with E-state index in [2.05, 4.69) is 22.3 Å². The maximum Gasteiger partial charge on any atom is 0.165 e. The fourth-order valence-electron chi connectivity index (χ4n) is 3.38. The summed E-state index contributed by atoms with van der Waals surface area (Å²) >= 11 is 0. The van der Waals surface area contributed by atoms with Crippen molar-refractivity contribution in [3.63, 3.8) is 0 Å². The third-order valence-corrected chi connectivity index (χ3v) is 4.26. The summed E-state index contributed by atoms with van der Waals surface area (Å²) in [5.41, 5.74) is 4.60. The topological polar surface area (TPSA) is 41.8 Å². The summed E-state index contributed by atoms with van der Waals surface area (Å²) in [6.07, 6.45) is 7.17. The normalized spacial score (nSPS) is 17.2. The molecular weight excluding hydrogens is 224 g/mol. The quantitative estimate of drug-likeness (QED) is 0.690. The summed E-state index contributed by atoms with van der Waals surface area (Å²) in [6.45, 7) is 2.05. The van der Waals surface area contributed by atoms with Crippen molar-refractivity contribution >= 4 is 21.9 Å². The number of aromatic amines is 1. The Kier molecular flexibility index (Phi) is 2.04. The first kappa shape index (κ1) is 10.2. The first-order valence-corrected chi connectivity index (χ1v) is 6.69. The second-order valence-electron chi connectivity index (χ2n) is 5.36. The molecule has 0 radical (unpaired) electrons. The van der Waals surface area contributed by atoms with Gasteiger partial charge in [-0.1, -0.05) is 12.8 Å². The molecule has 3 nitrogen and oxygen atoms in total. The van der Waals surface area contributed by atoms with Gasteiger partial charge in [-0.25, -0.2) is 5.16 Å². The number of fused-ring (bicyclic) bond motifs is 3. The van der Waals surface area contributed by atoms with Crippen molar-refractivity contribution in [3.8, 4) is 0 Å². The van der Waals surface area contributed by atoms with Gasteiger partial charge in [-0.3, -0.25) is 4.98 Å². The van der Waals surface area contributed by atoms with E-state index < -0.39 is 0 Å². The average molecular weight is 240 g/mol. The van der Waals surface area contributed by atoms with Crippen LogP contribution in [0.15, 0.2) is 22.9 Å². The fraction of sp³-hybridized carbons (Fsp3) is 0.400. The molecule has 1 fully saturated rings. The molecule has 1 aliphatic rings. The van der Waals surface area contributed by atoms with Crippen molar-refractivity contribution in [2.75, 3.05) is 0 Å². The van der Waals surface area contributed by atoms with Crippen molar-refractivity contribution in [2.45, 2.75) is 38.5 Å². The van der Waals surface area contributed by atoms with E-state index in [1.54, 1.807) is 0 Å². The SMILES string of the molecule is Cc1[nH]oc2cc(C3CCCC3)c3nccc3c12. The van der Waals surface area contributed by atoms with E-state index in [0.717, 1.165) is 11.3 Å². The van der Waals surface area contributed by atoms with Crippen LogP contribution in [0, 0.1) is 6.92 Å². The Morgan fingerprint density at radius 2 is 2.17 bits per heavy atom. The first-order valence-electron chi connectivity index (χ1n) is 6.69. The number of nitrogens with one attached hydrogen (secondary N) is 1. The van der Waals surface area contributed by atoms with Crippen molar-refractivity contribution in [1.82, 2.24) is 10.1 Å². The van der Waals surface area contributed by atoms with Gasteiger partial charge in [0, 0.05) is 11.6 Å². The van der Waals surface area contributed by atoms with Crippen molar-refractivity contribution in [1.29, 1.82) is 0 Å². The second kappa shape index (κ2) is 3.61. The molecule has 0 spiro atoms. The van der Waals surface area contributed by atoms with E-state index in [-0.39, 0.29) is 0 Å². The molecule has 92 valence electrons. The molecule has 2 heterocycles. The Hall–Kier alpha value is -1.77. The molecule has 0 unspecified atom stereocenters. The molecule has 1 aromatic carbocycles. The third-order valence-electron chi connectivity index (χ3n) is 4.26. The molecule has 0 saturated heterocycles. The van der Waals surface area contributed by atoms with Gasteiger partial charge >= 0.3 is 0 Å². The van der Waals surface area contributed by atoms with E-state index in [0.29, 0.717) is 5.92 Å². The predicted octanol–water partition coefficient (Wildman–Crippen LogP) is 4.28. The molecule has 3 aromatic rings. The lowest BCUT2D eigenvalue weighted by Gasteiger charge is -2.10. The Balaban J connectivity index is 2.08. The van der Waals surface area contributed by atoms with Crippen molar-refractivity contribution in [3.05, 3.63) is 29.6 Å². The molecule has 18 heavy (non-hydrogen) atoms. The van der Waals surface area contributed by atoms with Gasteiger partial charge in [-0.05, 0) is 43.4 Å². The number of hydrogen-bond donors (Lipinski definition) is 1. The van der Waals surface area contributed by atoms with Crippen LogP contribution in [-0.2, 0) is 0 Å². The van der Waals surface area contributed by atoms with Gasteiger partial charge < -0.3 is 4.52 Å². The number of rotatable bonds is 1. The van der Waals surface area contributed by atoms with Gasteiger partial charge in [0.25, 0.3) is 0 Å². The lowest BCUT2D eigenvalue weighted by atomic mass is 9.94. The van der Waals surface area contributed by atoms with Crippen LogP contribution in [0.25, 0.3) is 21.9 Å². The molecule has 0 atom stereocenters. The van der Waals surface area contributed by atoms with Crippen molar-refractivity contribution < 1.29 is 4.52 Å². The lowest BCUT2D eigenvalue weighted by Crippen LogP contribution is -1.94. The zero-order valence-electron chi connectivity index (χ0n) is 10.5. The largest absolute Gasteiger partial charge is 0.382 e. The van der Waals surface area contributed by atoms with Crippen LogP contribution < -0.4 is 0 Å². The van der Waals surface area contributed by atoms with Crippen LogP contribution in [0.5, 0.6) is 0 Å². The van der Waals surface area contributed by atoms with E-state index in [1.807, 2.05) is 13.1 Å². The molecule has 2 aromatic heterocycles. The smallest absolute Gasteiger partial charge is 0.165 e. The van der Waals surface area contributed by atoms with Crippen LogP contribution in [0.1, 0.15) is 42.9 Å². The van der Waals surface area contributed by atoms with E-state index in [1.165, 1.54) is 47.5 Å². The third kappa shape index (κ3) is 1.27. The van der Waals surface area contributed by atoms with Crippen LogP contribution in [-0.4, -0.2) is 10.1 Å². The molecule has 1 saturated carbocycles. The summed E-state index contributed by atoms with van der Waals surface area (Å²) in [7, 11) is 0. The highest BCUT2D eigenvalue weighted by Crippen LogP contribution is 2.40. The maximum absolute atomic E-state index is 5.57. The summed E-state index contributed by atoms with van der Waals surface area (Å²) in [5.74, 6) is 0.664. The monoisotopic (exact) mass is 240 g/mol. The number of benzene rings is 1. The van der Waals surface area contributed by atoms with Gasteiger partial charge in [0.2, 0.25) is 0 Å². The number of aromatic nitrogens is 2. The van der Waals surface area contributed by atoms with Gasteiger partial charge in [-0.15, -0.1) is 0 Å². The minimum Gasteiger partial charge on any atom is -0.382 e. The van der Waals surface area contributed by atoms with Crippen LogP contribution in [0.4, 0.5) is 0 Å². The zero-order valence-corrected chi connectivity index (χ0v) is 10.5. The highest BCUT2D eigenvalue weighted by molar-refractivity contribution is 6.07. The van der Waals surface area contributed by atoms with E-state index in [4.69, 9.17) is 4.52 Å². The summed E-state index contributed by atoms with van der Waals surface area (Å²) in [5, 5.41) is 5.39. The Labute approximate surface area is 105 Å². The molecule has 1 aliphatic carbocycles. The Bertz CT molecular complexity index is 717. The second-order valence-corrected chi connectivity index (χ2v) is 5.36. The Morgan fingerprint density at radius 3 is 3.00 bits per heavy atom. The number of aryl methyl sites for hydroxylation is 1. The highest BCUT2D eigenvalue weighted by Gasteiger charge is 2.22. The highest BCUT2D eigenvalue weighted by atomic mass is 16.5. The van der Waals surface area contributed by atoms with Crippen LogP contribution in [0.3, 0.4) is 0 Å². The predicted molar refractivity (Wildman–Crippen MR) is 71.8 cm³/mol. The Morgan fingerprint density at radius 1 is 1.33 bits per heavy atom. The van der Waals surface area contributed by atoms with Crippen molar-refractivity contribution in [2.24, 2.45) is 0 Å². The molecule has 3 heteroatoms. The molecule has 0 bridgehead atoms. The standard InChI is InChI=1S/C15H16N2O/c1-9-14-11-6-7-16-15(11)12(8-13(14)18-17-9)10-4-2-3-5-10/h6-8,10,17H,2-5H2,1H3. The van der Waals surface area contributed by atoms with Crippen LogP contribution >= 0.6 is 0 Å². The number of nitrogens with zero attached hydrogens (tertiary/aromatic N) is 1. The first-order chi connectivity index (χ1) is 8.84. The minimum absolute atomic E-state index is 0.664. The molecule has 1 N–H and O–H groups in total. The van der Waals surface area contributed by atoms with Gasteiger partial charge in [-0.2, -0.15) is 0 Å². The zero-order chi connectivity index (χ0) is 12.1. The number of hydrogen-bond acceptors (Lipinski definition) is 2. The molecular formula is C15H16N2O. The molecule has 0 amide bonds. The van der Waals surface area contributed by atoms with Gasteiger partial charge in [0.1, 0.15) is 0 Å². The lowest BCUT2D eigenvalue weighted by molar-refractivity contribution is 0.450.